The zero-order valence-corrected chi connectivity index (χ0v) is 14.3. The molecule has 0 aromatic heterocycles. The molecule has 0 heterocycles. The van der Waals surface area contributed by atoms with E-state index >= 15 is 0 Å². The zero-order valence-electron chi connectivity index (χ0n) is 9.24. The standard InChI is InChI=1S/C9H7.C5H5.2ClH.Hf/c1-2-5-9-7-3-6-8(9)4-1;1-2-4-5-3-1;;;/h1-7H;1-3H,4H2;2*1H;/q2*-1;;;+4/p-2. The van der Waals surface area contributed by atoms with E-state index in [1.54, 1.807) is 0 Å². The van der Waals surface area contributed by atoms with Crippen LogP contribution in [0, 0.1) is 6.08 Å². The predicted octanol–water partition coefficient (Wildman–Crippen LogP) is -2.13. The minimum atomic E-state index is 0. The number of benzene rings is 1. The largest absolute Gasteiger partial charge is 4.00 e. The van der Waals surface area contributed by atoms with Gasteiger partial charge in [0, 0.05) is 0 Å². The van der Waals surface area contributed by atoms with Crippen molar-refractivity contribution in [3.05, 3.63) is 66.8 Å². The quantitative estimate of drug-likeness (QED) is 0.332. The summed E-state index contributed by atoms with van der Waals surface area (Å²) in [6.07, 6.45) is 10.0. The molecule has 0 N–H and O–H groups in total. The van der Waals surface area contributed by atoms with E-state index in [1.807, 2.05) is 12.2 Å². The fraction of sp³-hybridized carbons (Fsp3) is 0.0714. The molecule has 86 valence electrons. The molecule has 0 fully saturated rings. The molecular formula is C14H12Cl2Hf. The summed E-state index contributed by atoms with van der Waals surface area (Å²) in [7, 11) is 0. The maximum Gasteiger partial charge on any atom is 4.00 e. The molecule has 17 heavy (non-hydrogen) atoms. The van der Waals surface area contributed by atoms with Gasteiger partial charge < -0.3 is 24.8 Å². The molecular weight excluding hydrogens is 418 g/mol. The average Bonchev–Trinajstić information content (AvgIpc) is 2.92. The third kappa shape index (κ3) is 6.30. The van der Waals surface area contributed by atoms with Gasteiger partial charge in [-0.1, -0.05) is 6.07 Å². The van der Waals surface area contributed by atoms with Crippen LogP contribution in [0.2, 0.25) is 0 Å². The van der Waals surface area contributed by atoms with Crippen molar-refractivity contribution in [2.24, 2.45) is 0 Å². The Morgan fingerprint density at radius 2 is 1.82 bits per heavy atom. The first-order chi connectivity index (χ1) is 6.97. The monoisotopic (exact) mass is 430 g/mol. The second-order valence-corrected chi connectivity index (χ2v) is 3.16. The average molecular weight is 430 g/mol. The second-order valence-electron chi connectivity index (χ2n) is 3.16. The Bertz CT molecular complexity index is 418. The minimum absolute atomic E-state index is 0. The first kappa shape index (κ1) is 19.1. The van der Waals surface area contributed by atoms with Crippen LogP contribution >= 0.6 is 0 Å². The van der Waals surface area contributed by atoms with E-state index in [1.165, 1.54) is 10.8 Å². The number of halogens is 2. The van der Waals surface area contributed by atoms with E-state index < -0.39 is 0 Å². The number of rotatable bonds is 0. The Labute approximate surface area is 134 Å². The molecule has 3 rings (SSSR count). The first-order valence-electron chi connectivity index (χ1n) is 4.79. The van der Waals surface area contributed by atoms with E-state index in [9.17, 15) is 0 Å². The molecule has 2 aromatic rings. The van der Waals surface area contributed by atoms with Crippen LogP contribution in [-0.4, -0.2) is 0 Å². The van der Waals surface area contributed by atoms with Crippen molar-refractivity contribution in [1.29, 1.82) is 0 Å². The molecule has 0 amide bonds. The topological polar surface area (TPSA) is 0 Å². The first-order valence-corrected chi connectivity index (χ1v) is 4.79. The predicted molar refractivity (Wildman–Crippen MR) is 61.1 cm³/mol. The molecule has 0 aliphatic heterocycles. The van der Waals surface area contributed by atoms with E-state index in [2.05, 4.69) is 54.6 Å². The smallest absolute Gasteiger partial charge is 1.00 e. The van der Waals surface area contributed by atoms with Gasteiger partial charge in [-0.15, -0.1) is 36.1 Å². The molecule has 0 atom stereocenters. The van der Waals surface area contributed by atoms with Crippen molar-refractivity contribution in [1.82, 2.24) is 0 Å². The van der Waals surface area contributed by atoms with Gasteiger partial charge in [0.1, 0.15) is 0 Å². The molecule has 0 nitrogen and oxygen atoms in total. The summed E-state index contributed by atoms with van der Waals surface area (Å²) in [5, 5.41) is 2.66. The summed E-state index contributed by atoms with van der Waals surface area (Å²) >= 11 is 0. The maximum atomic E-state index is 2.99. The molecule has 0 bridgehead atoms. The molecule has 0 spiro atoms. The van der Waals surface area contributed by atoms with Crippen LogP contribution in [0.25, 0.3) is 10.8 Å². The second kappa shape index (κ2) is 10.9. The summed E-state index contributed by atoms with van der Waals surface area (Å²) in [5.41, 5.74) is 0. The van der Waals surface area contributed by atoms with Crippen molar-refractivity contribution in [2.45, 2.75) is 6.42 Å². The maximum absolute atomic E-state index is 2.99. The van der Waals surface area contributed by atoms with Crippen LogP contribution in [0.4, 0.5) is 0 Å². The number of allylic oxidation sites excluding steroid dienone is 4. The van der Waals surface area contributed by atoms with Gasteiger partial charge in [-0.25, -0.2) is 12.2 Å². The Morgan fingerprint density at radius 1 is 1.06 bits per heavy atom. The molecule has 0 saturated heterocycles. The van der Waals surface area contributed by atoms with Crippen LogP contribution in [-0.2, 0) is 25.8 Å². The molecule has 1 aliphatic carbocycles. The van der Waals surface area contributed by atoms with Crippen molar-refractivity contribution >= 4 is 10.8 Å². The zero-order chi connectivity index (χ0) is 9.64. The molecule has 0 radical (unpaired) electrons. The van der Waals surface area contributed by atoms with E-state index in [0.29, 0.717) is 0 Å². The minimum Gasteiger partial charge on any atom is -1.00 e. The fourth-order valence-corrected chi connectivity index (χ4v) is 1.41. The Balaban J connectivity index is 0. The summed E-state index contributed by atoms with van der Waals surface area (Å²) < 4.78 is 0. The Hall–Kier alpha value is -0.240. The fourth-order valence-electron chi connectivity index (χ4n) is 1.41. The van der Waals surface area contributed by atoms with Gasteiger partial charge >= 0.3 is 25.8 Å². The SMILES string of the molecule is [C-]1=CC=CC1.[Cl-].[Cl-].[Hf+4].c1ccc2[cH-]ccc2c1. The molecule has 2 aromatic carbocycles. The Kier molecular flexibility index (Phi) is 12.2. The third-order valence-corrected chi connectivity index (χ3v) is 2.13. The number of fused-ring (bicyclic) bond motifs is 1. The van der Waals surface area contributed by atoms with E-state index in [-0.39, 0.29) is 50.7 Å². The Morgan fingerprint density at radius 3 is 2.35 bits per heavy atom. The van der Waals surface area contributed by atoms with Gasteiger partial charge in [0.25, 0.3) is 0 Å². The number of hydrogen-bond donors (Lipinski definition) is 0. The molecule has 3 heteroatoms. The molecule has 0 unspecified atom stereocenters. The van der Waals surface area contributed by atoms with Crippen molar-refractivity contribution in [3.63, 3.8) is 0 Å². The van der Waals surface area contributed by atoms with Crippen LogP contribution in [0.3, 0.4) is 0 Å². The summed E-state index contributed by atoms with van der Waals surface area (Å²) in [6.45, 7) is 0. The van der Waals surface area contributed by atoms with Gasteiger partial charge in [0.2, 0.25) is 0 Å². The van der Waals surface area contributed by atoms with Crippen molar-refractivity contribution < 1.29 is 50.7 Å². The van der Waals surface area contributed by atoms with Gasteiger partial charge in [0.15, 0.2) is 0 Å². The van der Waals surface area contributed by atoms with Gasteiger partial charge in [-0.05, 0) is 0 Å². The molecule has 0 saturated carbocycles. The number of hydrogen-bond acceptors (Lipinski definition) is 0. The van der Waals surface area contributed by atoms with Gasteiger partial charge in [0.05, 0.1) is 0 Å². The van der Waals surface area contributed by atoms with Crippen LogP contribution in [0.1, 0.15) is 6.42 Å². The summed E-state index contributed by atoms with van der Waals surface area (Å²) in [5.74, 6) is 0. The van der Waals surface area contributed by atoms with Crippen LogP contribution < -0.4 is 24.8 Å². The summed E-state index contributed by atoms with van der Waals surface area (Å²) in [4.78, 5) is 0. The van der Waals surface area contributed by atoms with Gasteiger partial charge in [-0.2, -0.15) is 23.6 Å². The van der Waals surface area contributed by atoms with E-state index in [4.69, 9.17) is 0 Å². The molecule has 1 aliphatic rings. The van der Waals surface area contributed by atoms with E-state index in [0.717, 1.165) is 6.42 Å². The normalized spacial score (nSPS) is 10.6. The summed E-state index contributed by atoms with van der Waals surface area (Å²) in [6, 6.07) is 14.7. The van der Waals surface area contributed by atoms with Crippen LogP contribution in [0.5, 0.6) is 0 Å². The third-order valence-electron chi connectivity index (χ3n) is 2.13. The van der Waals surface area contributed by atoms with Crippen molar-refractivity contribution in [3.8, 4) is 0 Å². The van der Waals surface area contributed by atoms with Crippen molar-refractivity contribution in [2.75, 3.05) is 0 Å². The van der Waals surface area contributed by atoms with Gasteiger partial charge in [-0.3, -0.25) is 6.08 Å². The van der Waals surface area contributed by atoms with Crippen LogP contribution in [0.15, 0.2) is 60.7 Å².